The Labute approximate surface area is 222 Å². The second kappa shape index (κ2) is 11.5. The molecule has 0 saturated carbocycles. The van der Waals surface area contributed by atoms with Crippen molar-refractivity contribution in [1.29, 1.82) is 0 Å². The number of nitrogens with one attached hydrogen (secondary N) is 1. The lowest BCUT2D eigenvalue weighted by atomic mass is 9.80. The van der Waals surface area contributed by atoms with E-state index < -0.39 is 22.8 Å². The predicted octanol–water partition coefficient (Wildman–Crippen LogP) is 4.98. The van der Waals surface area contributed by atoms with Gasteiger partial charge in [0.25, 0.3) is 0 Å². The van der Waals surface area contributed by atoms with Crippen molar-refractivity contribution < 1.29 is 19.1 Å². The average Bonchev–Trinajstić information content (AvgIpc) is 3.15. The van der Waals surface area contributed by atoms with Gasteiger partial charge in [-0.15, -0.1) is 0 Å². The minimum absolute atomic E-state index is 0.0511. The summed E-state index contributed by atoms with van der Waals surface area (Å²) in [4.78, 5) is 40.8. The molecule has 2 rings (SSSR count). The predicted molar refractivity (Wildman–Crippen MR) is 149 cm³/mol. The number of esters is 1. The van der Waals surface area contributed by atoms with E-state index in [0.29, 0.717) is 5.57 Å². The van der Waals surface area contributed by atoms with Crippen molar-refractivity contribution in [2.45, 2.75) is 79.3 Å². The second-order valence-corrected chi connectivity index (χ2v) is 12.1. The smallest absolute Gasteiger partial charge is 0.333 e. The number of hydrogen-bond acceptors (Lipinski definition) is 4. The third-order valence-electron chi connectivity index (χ3n) is 7.05. The van der Waals surface area contributed by atoms with E-state index >= 15 is 0 Å². The number of para-hydroxylation sites is 1. The first-order valence-corrected chi connectivity index (χ1v) is 12.9. The van der Waals surface area contributed by atoms with Gasteiger partial charge in [-0.3, -0.25) is 9.59 Å². The Kier molecular flexibility index (Phi) is 9.39. The molecule has 2 atom stereocenters. The molecule has 1 N–H and O–H groups in total. The SMILES string of the molecule is COC(=O)/C(C)=C/C(C(C)C)N(C)C(=O)C(NC(=O)CC(C)(C)c1cn(C)c2ccccc12)C(C)(C)C. The van der Waals surface area contributed by atoms with Crippen LogP contribution in [-0.4, -0.2) is 53.5 Å². The molecule has 1 aromatic carbocycles. The normalized spacial score (nSPS) is 14.4. The fraction of sp³-hybridized carbons (Fsp3) is 0.567. The van der Waals surface area contributed by atoms with E-state index in [-0.39, 0.29) is 30.2 Å². The molecule has 0 aliphatic rings. The molecule has 37 heavy (non-hydrogen) atoms. The highest BCUT2D eigenvalue weighted by Gasteiger charge is 2.38. The van der Waals surface area contributed by atoms with Gasteiger partial charge in [-0.1, -0.05) is 72.7 Å². The minimum atomic E-state index is -0.735. The average molecular weight is 512 g/mol. The molecule has 204 valence electrons. The Hall–Kier alpha value is -3.09. The Morgan fingerprint density at radius 2 is 1.70 bits per heavy atom. The van der Waals surface area contributed by atoms with Crippen LogP contribution in [0.2, 0.25) is 0 Å². The van der Waals surface area contributed by atoms with Crippen LogP contribution in [0.1, 0.15) is 67.4 Å². The van der Waals surface area contributed by atoms with Crippen molar-refractivity contribution >= 4 is 28.7 Å². The van der Waals surface area contributed by atoms with Crippen LogP contribution in [0.25, 0.3) is 10.9 Å². The number of likely N-dealkylation sites (N-methyl/N-ethyl adjacent to an activating group) is 1. The summed E-state index contributed by atoms with van der Waals surface area (Å²) < 4.78 is 6.91. The molecule has 7 nitrogen and oxygen atoms in total. The molecule has 0 aliphatic heterocycles. The maximum absolute atomic E-state index is 13.8. The number of carbonyl (C=O) groups excluding carboxylic acids is 3. The summed E-state index contributed by atoms with van der Waals surface area (Å²) >= 11 is 0. The van der Waals surface area contributed by atoms with Gasteiger partial charge in [0, 0.05) is 48.6 Å². The lowest BCUT2D eigenvalue weighted by molar-refractivity contribution is -0.140. The summed E-state index contributed by atoms with van der Waals surface area (Å²) in [5, 5.41) is 4.17. The molecule has 1 heterocycles. The van der Waals surface area contributed by atoms with Gasteiger partial charge in [-0.25, -0.2) is 4.79 Å². The Morgan fingerprint density at radius 3 is 2.24 bits per heavy atom. The number of aromatic nitrogens is 1. The Bertz CT molecular complexity index is 1170. The number of amides is 2. The minimum Gasteiger partial charge on any atom is -0.466 e. The summed E-state index contributed by atoms with van der Waals surface area (Å²) in [5.74, 6) is -0.753. The number of ether oxygens (including phenoxy) is 1. The number of hydrogen-bond donors (Lipinski definition) is 1. The van der Waals surface area contributed by atoms with E-state index in [1.807, 2.05) is 53.8 Å². The van der Waals surface area contributed by atoms with E-state index in [9.17, 15) is 14.4 Å². The molecule has 2 aromatic rings. The van der Waals surface area contributed by atoms with Gasteiger partial charge in [0.2, 0.25) is 11.8 Å². The topological polar surface area (TPSA) is 80.6 Å². The third kappa shape index (κ3) is 7.02. The highest BCUT2D eigenvalue weighted by molar-refractivity contribution is 5.91. The maximum atomic E-state index is 13.8. The van der Waals surface area contributed by atoms with E-state index in [2.05, 4.69) is 42.1 Å². The van der Waals surface area contributed by atoms with Crippen molar-refractivity contribution in [3.63, 3.8) is 0 Å². The standard InChI is InChI=1S/C30H45N3O4/c1-19(2)24(16-20(3)28(36)37-11)33(10)27(35)26(29(4,5)6)31-25(34)17-30(7,8)22-18-32(9)23-15-13-12-14-21(22)23/h12-16,18-19,24,26H,17H2,1-11H3,(H,31,34)/b20-16+. The van der Waals surface area contributed by atoms with Crippen LogP contribution in [0.3, 0.4) is 0 Å². The molecule has 7 heteroatoms. The summed E-state index contributed by atoms with van der Waals surface area (Å²) in [6, 6.07) is 7.10. The van der Waals surface area contributed by atoms with Crippen molar-refractivity contribution in [2.75, 3.05) is 14.2 Å². The van der Waals surface area contributed by atoms with Crippen molar-refractivity contribution in [3.05, 3.63) is 47.7 Å². The number of benzene rings is 1. The fourth-order valence-electron chi connectivity index (χ4n) is 4.83. The molecule has 1 aromatic heterocycles. The summed E-state index contributed by atoms with van der Waals surface area (Å²) in [7, 11) is 5.07. The number of rotatable bonds is 9. The molecule has 0 fully saturated rings. The molecule has 0 saturated heterocycles. The zero-order valence-electron chi connectivity index (χ0n) is 24.4. The highest BCUT2D eigenvalue weighted by atomic mass is 16.5. The van der Waals surface area contributed by atoms with Crippen LogP contribution in [0, 0.1) is 11.3 Å². The molecule has 0 bridgehead atoms. The first-order valence-electron chi connectivity index (χ1n) is 12.9. The summed E-state index contributed by atoms with van der Waals surface area (Å²) in [6.45, 7) is 15.6. The number of aryl methyl sites for hydroxylation is 1. The summed E-state index contributed by atoms with van der Waals surface area (Å²) in [5.41, 5.74) is 1.69. The van der Waals surface area contributed by atoms with Crippen LogP contribution < -0.4 is 5.32 Å². The first-order chi connectivity index (χ1) is 17.0. The van der Waals surface area contributed by atoms with Gasteiger partial charge in [0.05, 0.1) is 13.2 Å². The van der Waals surface area contributed by atoms with Crippen LogP contribution >= 0.6 is 0 Å². The van der Waals surface area contributed by atoms with Gasteiger partial charge < -0.3 is 19.5 Å². The Balaban J connectivity index is 2.30. The molecule has 2 unspecified atom stereocenters. The van der Waals surface area contributed by atoms with Crippen molar-refractivity contribution in [2.24, 2.45) is 18.4 Å². The van der Waals surface area contributed by atoms with Crippen LogP contribution in [0.5, 0.6) is 0 Å². The quantitative estimate of drug-likeness (QED) is 0.380. The van der Waals surface area contributed by atoms with Gasteiger partial charge >= 0.3 is 5.97 Å². The van der Waals surface area contributed by atoms with E-state index in [1.165, 1.54) is 7.11 Å². The third-order valence-corrected chi connectivity index (χ3v) is 7.05. The summed E-state index contributed by atoms with van der Waals surface area (Å²) in [6.07, 6.45) is 4.08. The van der Waals surface area contributed by atoms with E-state index in [0.717, 1.165) is 16.5 Å². The van der Waals surface area contributed by atoms with Gasteiger partial charge in [-0.05, 0) is 29.9 Å². The van der Waals surface area contributed by atoms with Gasteiger partial charge in [-0.2, -0.15) is 0 Å². The molecule has 2 amide bonds. The van der Waals surface area contributed by atoms with Crippen molar-refractivity contribution in [1.82, 2.24) is 14.8 Å². The number of nitrogens with zero attached hydrogens (tertiary/aromatic N) is 2. The van der Waals surface area contributed by atoms with E-state index in [4.69, 9.17) is 4.74 Å². The molecule has 0 aliphatic carbocycles. The molecular weight excluding hydrogens is 466 g/mol. The lowest BCUT2D eigenvalue weighted by Crippen LogP contribution is -2.56. The van der Waals surface area contributed by atoms with E-state index in [1.54, 1.807) is 24.9 Å². The number of fused-ring (bicyclic) bond motifs is 1. The highest BCUT2D eigenvalue weighted by Crippen LogP contribution is 2.34. The zero-order valence-corrected chi connectivity index (χ0v) is 24.4. The number of methoxy groups -OCH3 is 1. The first kappa shape index (κ1) is 30.1. The van der Waals surface area contributed by atoms with Crippen LogP contribution in [-0.2, 0) is 31.6 Å². The number of carbonyl (C=O) groups is 3. The Morgan fingerprint density at radius 1 is 1.11 bits per heavy atom. The molecule has 0 radical (unpaired) electrons. The maximum Gasteiger partial charge on any atom is 0.333 e. The zero-order chi connectivity index (χ0) is 28.3. The monoisotopic (exact) mass is 511 g/mol. The largest absolute Gasteiger partial charge is 0.466 e. The lowest BCUT2D eigenvalue weighted by Gasteiger charge is -2.38. The molecular formula is C30H45N3O4. The van der Waals surface area contributed by atoms with Crippen molar-refractivity contribution in [3.8, 4) is 0 Å². The van der Waals surface area contributed by atoms with Gasteiger partial charge in [0.15, 0.2) is 0 Å². The van der Waals surface area contributed by atoms with Crippen LogP contribution in [0.15, 0.2) is 42.1 Å². The van der Waals surface area contributed by atoms with Gasteiger partial charge in [0.1, 0.15) is 6.04 Å². The second-order valence-electron chi connectivity index (χ2n) is 12.1. The fourth-order valence-corrected chi connectivity index (χ4v) is 4.83. The van der Waals surface area contributed by atoms with Crippen LogP contribution in [0.4, 0.5) is 0 Å². The molecule has 0 spiro atoms.